The van der Waals surface area contributed by atoms with E-state index < -0.39 is 22.9 Å². The number of ether oxygens (including phenoxy) is 1. The third kappa shape index (κ3) is 6.57. The first kappa shape index (κ1) is 31.1. The van der Waals surface area contributed by atoms with Crippen LogP contribution in [0.4, 0.5) is 10.1 Å². The highest BCUT2D eigenvalue weighted by Gasteiger charge is 2.27. The first-order valence-corrected chi connectivity index (χ1v) is 15.4. The van der Waals surface area contributed by atoms with E-state index in [0.717, 1.165) is 12.2 Å². The summed E-state index contributed by atoms with van der Waals surface area (Å²) in [6.07, 6.45) is 2.23. The molecule has 1 unspecified atom stereocenters. The van der Waals surface area contributed by atoms with E-state index in [1.165, 1.54) is 34.3 Å². The van der Waals surface area contributed by atoms with Crippen LogP contribution >= 0.6 is 20.6 Å². The zero-order valence-corrected chi connectivity index (χ0v) is 26.2. The molecule has 0 bridgehead atoms. The van der Waals surface area contributed by atoms with Crippen molar-refractivity contribution in [3.8, 4) is 17.2 Å². The number of pyridine rings is 1. The molecule has 0 aliphatic heterocycles. The monoisotopic (exact) mass is 635 g/mol. The highest BCUT2D eigenvalue weighted by Crippen LogP contribution is 2.36. The van der Waals surface area contributed by atoms with Gasteiger partial charge in [-0.3, -0.25) is 24.0 Å². The smallest absolute Gasteiger partial charge is 0.284 e. The second-order valence-corrected chi connectivity index (χ2v) is 12.3. The molecule has 3 heterocycles. The van der Waals surface area contributed by atoms with Gasteiger partial charge < -0.3 is 20.5 Å². The van der Waals surface area contributed by atoms with Crippen LogP contribution in [-0.2, 0) is 6.54 Å². The number of aliphatic hydroxyl groups is 1. The Morgan fingerprint density at radius 1 is 1.09 bits per heavy atom. The molecule has 0 aliphatic carbocycles. The number of benzene rings is 2. The number of hydrogen-bond donors (Lipinski definition) is 3. The van der Waals surface area contributed by atoms with Gasteiger partial charge in [0.2, 0.25) is 0 Å². The third-order valence-electron chi connectivity index (χ3n) is 6.60. The summed E-state index contributed by atoms with van der Waals surface area (Å²) in [5.74, 6) is -1.47. The Kier molecular flexibility index (Phi) is 8.96. The van der Waals surface area contributed by atoms with Gasteiger partial charge in [-0.2, -0.15) is 0 Å². The van der Waals surface area contributed by atoms with E-state index in [0.29, 0.717) is 38.8 Å². The normalized spacial score (nSPS) is 11.5. The molecule has 5 rings (SSSR count). The average Bonchev–Trinajstić information content (AvgIpc) is 3.52. The molecule has 10 nitrogen and oxygen atoms in total. The largest absolute Gasteiger partial charge is 0.453 e. The maximum absolute atomic E-state index is 15.2. The van der Waals surface area contributed by atoms with Crippen LogP contribution in [0.1, 0.15) is 39.6 Å². The number of nitrogens with zero attached hydrogens (tertiary/aromatic N) is 3. The van der Waals surface area contributed by atoms with Crippen LogP contribution in [0.5, 0.6) is 11.5 Å². The Labute approximate surface area is 258 Å². The van der Waals surface area contributed by atoms with Crippen LogP contribution in [0.3, 0.4) is 0 Å². The first-order valence-electron chi connectivity index (χ1n) is 13.7. The molecule has 0 aliphatic rings. The number of carbonyl (C=O) groups excluding carboxylic acids is 2. The van der Waals surface area contributed by atoms with Crippen LogP contribution in [0.2, 0.25) is 0 Å². The van der Waals surface area contributed by atoms with Gasteiger partial charge in [-0.1, -0.05) is 18.2 Å². The van der Waals surface area contributed by atoms with E-state index in [-0.39, 0.29) is 29.5 Å². The van der Waals surface area contributed by atoms with Gasteiger partial charge in [0, 0.05) is 30.6 Å². The Hall–Kier alpha value is -4.38. The molecule has 228 valence electrons. The maximum atomic E-state index is 15.2. The highest BCUT2D eigenvalue weighted by atomic mass is 32.1. The Morgan fingerprint density at radius 3 is 2.52 bits per heavy atom. The van der Waals surface area contributed by atoms with Gasteiger partial charge in [0.05, 0.1) is 38.6 Å². The van der Waals surface area contributed by atoms with E-state index in [1.54, 1.807) is 61.9 Å². The molecule has 0 fully saturated rings. The minimum Gasteiger partial charge on any atom is -0.453 e. The quantitative estimate of drug-likeness (QED) is 0.183. The summed E-state index contributed by atoms with van der Waals surface area (Å²) < 4.78 is 24.6. The lowest BCUT2D eigenvalue weighted by Crippen LogP contribution is -2.32. The number of thiophene rings is 1. The summed E-state index contributed by atoms with van der Waals surface area (Å²) in [5, 5.41) is 15.9. The standard InChI is InChI=1S/C31H31FN5O5PS/c1-18-26(30(40)37(20-7-5-4-6-8-20)36(18)17-31(2,3)41)29(39)35-19-9-10-23(21(32)15-19)42-24-11-12-33-22-16-25(44-27(22)24)28(38)34-13-14-43/h4-12,15-16,41H,13-14,17,43H2,1-3H3,(H,34,38)(H,35,39). The van der Waals surface area contributed by atoms with Gasteiger partial charge >= 0.3 is 0 Å². The van der Waals surface area contributed by atoms with Crippen molar-refractivity contribution in [2.75, 3.05) is 18.0 Å². The number of fused-ring (bicyclic) bond motifs is 1. The van der Waals surface area contributed by atoms with E-state index in [4.69, 9.17) is 4.74 Å². The van der Waals surface area contributed by atoms with Crippen molar-refractivity contribution in [2.45, 2.75) is 32.9 Å². The van der Waals surface area contributed by atoms with Crippen molar-refractivity contribution in [1.29, 1.82) is 0 Å². The van der Waals surface area contributed by atoms with Gasteiger partial charge in [0.1, 0.15) is 11.3 Å². The molecule has 0 saturated carbocycles. The predicted octanol–water partition coefficient (Wildman–Crippen LogP) is 5.12. The lowest BCUT2D eigenvalue weighted by molar-refractivity contribution is 0.0546. The fourth-order valence-corrected chi connectivity index (χ4v) is 5.77. The summed E-state index contributed by atoms with van der Waals surface area (Å²) in [4.78, 5) is 44.1. The molecule has 0 saturated heterocycles. The molecular formula is C31H31FN5O5PS. The Balaban J connectivity index is 1.40. The molecular weight excluding hydrogens is 604 g/mol. The second kappa shape index (κ2) is 12.7. The summed E-state index contributed by atoms with van der Waals surface area (Å²) in [6, 6.07) is 16.0. The molecule has 13 heteroatoms. The second-order valence-electron chi connectivity index (χ2n) is 10.7. The number of nitrogens with one attached hydrogen (secondary N) is 2. The van der Waals surface area contributed by atoms with Crippen LogP contribution in [0, 0.1) is 12.7 Å². The molecule has 2 amide bonds. The molecule has 3 N–H and O–H groups in total. The molecule has 44 heavy (non-hydrogen) atoms. The van der Waals surface area contributed by atoms with Gasteiger partial charge in [-0.25, -0.2) is 9.07 Å². The maximum Gasteiger partial charge on any atom is 0.284 e. The van der Waals surface area contributed by atoms with Crippen molar-refractivity contribution in [3.05, 3.63) is 99.2 Å². The van der Waals surface area contributed by atoms with E-state index in [1.807, 2.05) is 6.07 Å². The number of hydrogen-bond acceptors (Lipinski definition) is 7. The Morgan fingerprint density at radius 2 is 1.84 bits per heavy atom. The van der Waals surface area contributed by atoms with Gasteiger partial charge in [-0.15, -0.1) is 20.6 Å². The fourth-order valence-electron chi connectivity index (χ4n) is 4.65. The summed E-state index contributed by atoms with van der Waals surface area (Å²) in [5.41, 5.74) is -0.350. The van der Waals surface area contributed by atoms with Crippen LogP contribution in [-0.4, -0.2) is 49.6 Å². The minimum atomic E-state index is -1.18. The lowest BCUT2D eigenvalue weighted by atomic mass is 10.1. The van der Waals surface area contributed by atoms with Gasteiger partial charge in [-0.05, 0) is 57.3 Å². The lowest BCUT2D eigenvalue weighted by Gasteiger charge is -2.22. The topological polar surface area (TPSA) is 127 Å². The number of aromatic nitrogens is 3. The van der Waals surface area contributed by atoms with Crippen LogP contribution in [0.15, 0.2) is 71.7 Å². The number of rotatable bonds is 10. The number of para-hydroxylation sites is 1. The van der Waals surface area contributed by atoms with Gasteiger partial charge in [0.25, 0.3) is 17.4 Å². The molecule has 2 aromatic carbocycles. The summed E-state index contributed by atoms with van der Waals surface area (Å²) in [7, 11) is 2.54. The first-order chi connectivity index (χ1) is 21.0. The molecule has 1 atom stereocenters. The molecule has 5 aromatic rings. The Bertz CT molecular complexity index is 1910. The highest BCUT2D eigenvalue weighted by molar-refractivity contribution is 7.21. The average molecular weight is 636 g/mol. The van der Waals surface area contributed by atoms with Crippen LogP contribution < -0.4 is 20.9 Å². The van der Waals surface area contributed by atoms with Crippen molar-refractivity contribution in [3.63, 3.8) is 0 Å². The summed E-state index contributed by atoms with van der Waals surface area (Å²) in [6.45, 7) is 5.40. The SMILES string of the molecule is Cc1c(C(=O)Nc2ccc(Oc3ccnc4cc(C(=O)NCCP)sc34)c(F)c2)c(=O)n(-c2ccccc2)n1CC(C)(C)O. The zero-order valence-electron chi connectivity index (χ0n) is 24.3. The van der Waals surface area contributed by atoms with E-state index in [9.17, 15) is 19.5 Å². The number of anilines is 1. The van der Waals surface area contributed by atoms with Crippen molar-refractivity contribution < 1.29 is 23.8 Å². The van der Waals surface area contributed by atoms with Crippen LogP contribution in [0.25, 0.3) is 15.9 Å². The summed E-state index contributed by atoms with van der Waals surface area (Å²) >= 11 is 1.19. The molecule has 0 spiro atoms. The fraction of sp³-hybridized carbons (Fsp3) is 0.226. The minimum absolute atomic E-state index is 0.0491. The van der Waals surface area contributed by atoms with Gasteiger partial charge in [0.15, 0.2) is 11.6 Å². The van der Waals surface area contributed by atoms with E-state index >= 15 is 4.39 Å². The zero-order chi connectivity index (χ0) is 31.6. The number of halogens is 1. The number of carbonyl (C=O) groups is 2. The molecule has 0 radical (unpaired) electrons. The molecule has 3 aromatic heterocycles. The van der Waals surface area contributed by atoms with Crippen molar-refractivity contribution >= 4 is 48.3 Å². The van der Waals surface area contributed by atoms with E-state index in [2.05, 4.69) is 24.9 Å². The number of amides is 2. The van der Waals surface area contributed by atoms with Crippen molar-refractivity contribution in [2.24, 2.45) is 0 Å². The predicted molar refractivity (Wildman–Crippen MR) is 172 cm³/mol. The van der Waals surface area contributed by atoms with Crippen molar-refractivity contribution in [1.82, 2.24) is 19.7 Å². The third-order valence-corrected chi connectivity index (χ3v) is 8.03.